The van der Waals surface area contributed by atoms with Gasteiger partial charge in [0.15, 0.2) is 11.5 Å². The Bertz CT molecular complexity index is 720. The first-order chi connectivity index (χ1) is 11.1. The van der Waals surface area contributed by atoms with Crippen molar-refractivity contribution in [2.75, 3.05) is 20.2 Å². The van der Waals surface area contributed by atoms with E-state index in [1.165, 1.54) is 11.1 Å². The molecule has 0 aromatic heterocycles. The zero-order valence-corrected chi connectivity index (χ0v) is 15.3. The fourth-order valence-electron chi connectivity index (χ4n) is 3.01. The predicted octanol–water partition coefficient (Wildman–Crippen LogP) is 4.42. The largest absolute Gasteiger partial charge is 0.503 e. The van der Waals surface area contributed by atoms with E-state index in [0.29, 0.717) is 5.75 Å². The summed E-state index contributed by atoms with van der Waals surface area (Å²) in [6.45, 7) is 2.76. The molecule has 0 radical (unpaired) electrons. The van der Waals surface area contributed by atoms with Crippen molar-refractivity contribution in [2.45, 2.75) is 19.4 Å². The van der Waals surface area contributed by atoms with Gasteiger partial charge >= 0.3 is 0 Å². The predicted molar refractivity (Wildman–Crippen MR) is 96.5 cm³/mol. The van der Waals surface area contributed by atoms with Crippen LogP contribution in [-0.4, -0.2) is 30.2 Å². The quantitative estimate of drug-likeness (QED) is 0.830. The summed E-state index contributed by atoms with van der Waals surface area (Å²) in [5, 5.41) is 11.0. The maximum atomic E-state index is 10.2. The summed E-state index contributed by atoms with van der Waals surface area (Å²) >= 11 is 9.74. The van der Waals surface area contributed by atoms with Crippen LogP contribution in [0.15, 0.2) is 34.8 Å². The molecule has 0 saturated carbocycles. The van der Waals surface area contributed by atoms with E-state index in [2.05, 4.69) is 26.9 Å². The Morgan fingerprint density at radius 3 is 2.87 bits per heavy atom. The number of benzene rings is 2. The van der Waals surface area contributed by atoms with Crippen molar-refractivity contribution in [1.29, 1.82) is 0 Å². The molecular weight excluding hydrogens is 378 g/mol. The summed E-state index contributed by atoms with van der Waals surface area (Å²) in [5.74, 6) is 0.708. The molecule has 1 heterocycles. The van der Waals surface area contributed by atoms with Gasteiger partial charge in [-0.15, -0.1) is 0 Å². The van der Waals surface area contributed by atoms with E-state index in [4.69, 9.17) is 16.3 Å². The molecule has 23 heavy (non-hydrogen) atoms. The van der Waals surface area contributed by atoms with Gasteiger partial charge in [0, 0.05) is 24.7 Å². The minimum atomic E-state index is 0.180. The van der Waals surface area contributed by atoms with Crippen LogP contribution >= 0.6 is 27.5 Å². The van der Waals surface area contributed by atoms with Crippen LogP contribution in [0, 0.1) is 0 Å². The molecule has 3 rings (SSSR count). The van der Waals surface area contributed by atoms with Crippen LogP contribution in [0.5, 0.6) is 11.5 Å². The van der Waals surface area contributed by atoms with Gasteiger partial charge < -0.3 is 9.84 Å². The first-order valence-electron chi connectivity index (χ1n) is 7.63. The molecule has 0 fully saturated rings. The van der Waals surface area contributed by atoms with E-state index in [1.807, 2.05) is 24.3 Å². The molecule has 122 valence electrons. The molecule has 0 bridgehead atoms. The van der Waals surface area contributed by atoms with Crippen LogP contribution in [0.1, 0.15) is 16.7 Å². The van der Waals surface area contributed by atoms with Crippen molar-refractivity contribution in [1.82, 2.24) is 4.90 Å². The Morgan fingerprint density at radius 1 is 1.35 bits per heavy atom. The molecule has 0 aliphatic carbocycles. The summed E-state index contributed by atoms with van der Waals surface area (Å²) < 4.78 is 5.97. The van der Waals surface area contributed by atoms with Gasteiger partial charge in [-0.05, 0) is 57.6 Å². The lowest BCUT2D eigenvalue weighted by Gasteiger charge is -2.30. The van der Waals surface area contributed by atoms with Gasteiger partial charge in [-0.2, -0.15) is 0 Å². The lowest BCUT2D eigenvalue weighted by molar-refractivity contribution is 0.255. The molecule has 1 aliphatic rings. The third-order valence-corrected chi connectivity index (χ3v) is 5.58. The second kappa shape index (κ2) is 7.12. The van der Waals surface area contributed by atoms with Gasteiger partial charge in [-0.1, -0.05) is 29.8 Å². The molecule has 1 N–H and O–H groups in total. The van der Waals surface area contributed by atoms with Gasteiger partial charge in [-0.3, -0.25) is 4.90 Å². The number of hydrogen-bond acceptors (Lipinski definition) is 3. The van der Waals surface area contributed by atoms with E-state index in [-0.39, 0.29) is 5.75 Å². The van der Waals surface area contributed by atoms with Gasteiger partial charge in [-0.25, -0.2) is 0 Å². The fourth-order valence-corrected chi connectivity index (χ4v) is 3.81. The maximum absolute atomic E-state index is 10.2. The smallest absolute Gasteiger partial charge is 0.172 e. The van der Waals surface area contributed by atoms with E-state index < -0.39 is 0 Å². The molecule has 2 aromatic carbocycles. The standard InChI is InChI=1S/C18H19BrClNO2/c1-23-16-10-13-7-9-21(11-14(13)17(19)18(16)22)8-6-12-4-2-3-5-15(12)20/h2-5,10,22H,6-9,11H2,1H3. The number of nitrogens with zero attached hydrogens (tertiary/aromatic N) is 1. The van der Waals surface area contributed by atoms with E-state index in [1.54, 1.807) is 7.11 Å². The average Bonchev–Trinajstić information content (AvgIpc) is 2.57. The number of phenols is 1. The summed E-state index contributed by atoms with van der Waals surface area (Å²) in [7, 11) is 1.58. The van der Waals surface area contributed by atoms with Crippen LogP contribution in [0.2, 0.25) is 5.02 Å². The molecule has 3 nitrogen and oxygen atoms in total. The first kappa shape index (κ1) is 16.6. The highest BCUT2D eigenvalue weighted by atomic mass is 79.9. The Hall–Kier alpha value is -1.23. The zero-order valence-electron chi connectivity index (χ0n) is 13.0. The van der Waals surface area contributed by atoms with Crippen LogP contribution in [-0.2, 0) is 19.4 Å². The number of methoxy groups -OCH3 is 1. The normalized spacial score (nSPS) is 14.6. The number of ether oxygens (including phenoxy) is 1. The Morgan fingerprint density at radius 2 is 2.13 bits per heavy atom. The zero-order chi connectivity index (χ0) is 16.4. The van der Waals surface area contributed by atoms with E-state index in [0.717, 1.165) is 47.5 Å². The third-order valence-electron chi connectivity index (χ3n) is 4.35. The van der Waals surface area contributed by atoms with Crippen LogP contribution in [0.3, 0.4) is 0 Å². The number of rotatable bonds is 4. The number of hydrogen-bond donors (Lipinski definition) is 1. The van der Waals surface area contributed by atoms with Crippen LogP contribution in [0.25, 0.3) is 0 Å². The number of halogens is 2. The molecule has 0 saturated heterocycles. The van der Waals surface area contributed by atoms with Crippen molar-refractivity contribution in [3.05, 3.63) is 56.5 Å². The Kier molecular flexibility index (Phi) is 5.14. The molecule has 0 amide bonds. The van der Waals surface area contributed by atoms with Gasteiger partial charge in [0.1, 0.15) is 0 Å². The molecule has 5 heteroatoms. The summed E-state index contributed by atoms with van der Waals surface area (Å²) in [6.07, 6.45) is 1.88. The minimum absolute atomic E-state index is 0.180. The van der Waals surface area contributed by atoms with Gasteiger partial charge in [0.25, 0.3) is 0 Å². The van der Waals surface area contributed by atoms with Crippen molar-refractivity contribution in [3.8, 4) is 11.5 Å². The average molecular weight is 397 g/mol. The number of fused-ring (bicyclic) bond motifs is 1. The second-order valence-electron chi connectivity index (χ2n) is 5.75. The lowest BCUT2D eigenvalue weighted by Crippen LogP contribution is -2.32. The van der Waals surface area contributed by atoms with Gasteiger partial charge in [0.05, 0.1) is 11.6 Å². The van der Waals surface area contributed by atoms with Crippen molar-refractivity contribution in [2.24, 2.45) is 0 Å². The number of phenolic OH excluding ortho intramolecular Hbond substituents is 1. The lowest BCUT2D eigenvalue weighted by atomic mass is 9.98. The highest BCUT2D eigenvalue weighted by molar-refractivity contribution is 9.10. The highest BCUT2D eigenvalue weighted by Crippen LogP contribution is 2.40. The molecule has 0 atom stereocenters. The molecule has 0 spiro atoms. The summed E-state index contributed by atoms with van der Waals surface area (Å²) in [5.41, 5.74) is 3.56. The van der Waals surface area contributed by atoms with Gasteiger partial charge in [0.2, 0.25) is 0 Å². The first-order valence-corrected chi connectivity index (χ1v) is 8.80. The molecular formula is C18H19BrClNO2. The van der Waals surface area contributed by atoms with E-state index >= 15 is 0 Å². The highest BCUT2D eigenvalue weighted by Gasteiger charge is 2.22. The fraction of sp³-hybridized carbons (Fsp3) is 0.333. The van der Waals surface area contributed by atoms with Crippen molar-refractivity contribution in [3.63, 3.8) is 0 Å². The SMILES string of the molecule is COc1cc2c(c(Br)c1O)CN(CCc1ccccc1Cl)CC2. The third kappa shape index (κ3) is 3.49. The number of aromatic hydroxyl groups is 1. The van der Waals surface area contributed by atoms with Crippen LogP contribution in [0.4, 0.5) is 0 Å². The molecule has 1 aliphatic heterocycles. The monoisotopic (exact) mass is 395 g/mol. The summed E-state index contributed by atoms with van der Waals surface area (Å²) in [6, 6.07) is 9.93. The minimum Gasteiger partial charge on any atom is -0.503 e. The molecule has 0 unspecified atom stereocenters. The van der Waals surface area contributed by atoms with Crippen molar-refractivity contribution >= 4 is 27.5 Å². The topological polar surface area (TPSA) is 32.7 Å². The Labute approximate surface area is 150 Å². The van der Waals surface area contributed by atoms with Crippen LogP contribution < -0.4 is 4.74 Å². The maximum Gasteiger partial charge on any atom is 0.172 e. The second-order valence-corrected chi connectivity index (χ2v) is 6.95. The summed E-state index contributed by atoms with van der Waals surface area (Å²) in [4.78, 5) is 2.39. The molecule has 2 aromatic rings. The Balaban J connectivity index is 1.73. The van der Waals surface area contributed by atoms with E-state index in [9.17, 15) is 5.11 Å². The van der Waals surface area contributed by atoms with Crippen molar-refractivity contribution < 1.29 is 9.84 Å².